The number of hydrogen-bond donors (Lipinski definition) is 0. The lowest BCUT2D eigenvalue weighted by Crippen LogP contribution is -2.47. The van der Waals surface area contributed by atoms with Crippen LogP contribution in [-0.2, 0) is 30.8 Å². The molecule has 0 spiro atoms. The summed E-state index contributed by atoms with van der Waals surface area (Å²) in [6.07, 6.45) is 0.951. The highest BCUT2D eigenvalue weighted by molar-refractivity contribution is 7.19. The van der Waals surface area contributed by atoms with Crippen molar-refractivity contribution in [2.45, 2.75) is 33.0 Å². The fraction of sp³-hybridized carbons (Fsp3) is 0.375. The Morgan fingerprint density at radius 2 is 1.71 bits per heavy atom. The van der Waals surface area contributed by atoms with Crippen LogP contribution >= 0.6 is 22.9 Å². The summed E-state index contributed by atoms with van der Waals surface area (Å²) in [5.74, 6) is 1.49. The molecular weight excluding hydrogens is 556 g/mol. The average Bonchev–Trinajstić information content (AvgIpc) is 3.35. The van der Waals surface area contributed by atoms with E-state index in [1.54, 1.807) is 32.5 Å². The number of halogens is 1. The number of hydrogen-bond acceptors (Lipinski definition) is 7. The molecule has 9 heteroatoms. The van der Waals surface area contributed by atoms with Crippen LogP contribution in [0.25, 0.3) is 21.3 Å². The minimum atomic E-state index is 0.128. The van der Waals surface area contributed by atoms with Gasteiger partial charge in [0.2, 0.25) is 5.91 Å². The fourth-order valence-electron chi connectivity index (χ4n) is 5.98. The molecule has 1 fully saturated rings. The monoisotopic (exact) mass is 590 g/mol. The molecule has 214 valence electrons. The van der Waals surface area contributed by atoms with Crippen LogP contribution in [0.2, 0.25) is 5.02 Å². The second-order valence-electron chi connectivity index (χ2n) is 10.7. The van der Waals surface area contributed by atoms with Crippen molar-refractivity contribution < 1.29 is 14.3 Å². The number of amides is 1. The summed E-state index contributed by atoms with van der Waals surface area (Å²) in [4.78, 5) is 26.2. The molecule has 2 aromatic carbocycles. The number of benzene rings is 2. The highest BCUT2D eigenvalue weighted by Gasteiger charge is 2.28. The number of carbonyl (C=O) groups is 1. The number of methoxy groups -OCH3 is 2. The van der Waals surface area contributed by atoms with Crippen molar-refractivity contribution in [1.29, 1.82) is 0 Å². The van der Waals surface area contributed by atoms with E-state index in [2.05, 4.69) is 46.2 Å². The zero-order valence-corrected chi connectivity index (χ0v) is 25.4. The highest BCUT2D eigenvalue weighted by atomic mass is 35.5. The van der Waals surface area contributed by atoms with Crippen molar-refractivity contribution in [2.75, 3.05) is 46.9 Å². The molecule has 0 bridgehead atoms. The third-order valence-corrected chi connectivity index (χ3v) is 9.71. The molecule has 0 N–H and O–H groups in total. The molecule has 41 heavy (non-hydrogen) atoms. The minimum Gasteiger partial charge on any atom is -0.493 e. The lowest BCUT2D eigenvalue weighted by Gasteiger charge is -2.34. The molecule has 0 radical (unpaired) electrons. The largest absolute Gasteiger partial charge is 0.493 e. The predicted octanol–water partition coefficient (Wildman–Crippen LogP) is 5.86. The molecule has 0 atom stereocenters. The molecule has 1 saturated heterocycles. The summed E-state index contributed by atoms with van der Waals surface area (Å²) >= 11 is 9.08. The molecular formula is C32H35ClN4O3S. The average molecular weight is 591 g/mol. The predicted molar refractivity (Wildman–Crippen MR) is 165 cm³/mol. The molecule has 2 aromatic heterocycles. The van der Waals surface area contributed by atoms with E-state index in [4.69, 9.17) is 26.1 Å². The van der Waals surface area contributed by atoms with Crippen LogP contribution in [0.4, 0.5) is 0 Å². The Morgan fingerprint density at radius 3 is 2.41 bits per heavy atom. The maximum absolute atomic E-state index is 11.8. The first-order valence-corrected chi connectivity index (χ1v) is 15.2. The van der Waals surface area contributed by atoms with Gasteiger partial charge in [-0.05, 0) is 35.2 Å². The van der Waals surface area contributed by atoms with E-state index in [1.165, 1.54) is 16.0 Å². The van der Waals surface area contributed by atoms with Crippen molar-refractivity contribution in [3.05, 3.63) is 75.3 Å². The molecule has 0 unspecified atom stereocenters. The van der Waals surface area contributed by atoms with E-state index in [-0.39, 0.29) is 5.91 Å². The molecule has 1 amide bonds. The molecule has 0 aliphatic carbocycles. The van der Waals surface area contributed by atoms with Crippen molar-refractivity contribution in [3.8, 4) is 22.6 Å². The second-order valence-corrected chi connectivity index (χ2v) is 12.2. The number of rotatable bonds is 7. The normalized spacial score (nSPS) is 16.1. The number of pyridine rings is 1. The summed E-state index contributed by atoms with van der Waals surface area (Å²) in [7, 11) is 3.31. The number of thiophene rings is 1. The van der Waals surface area contributed by atoms with Gasteiger partial charge < -0.3 is 14.4 Å². The van der Waals surface area contributed by atoms with Gasteiger partial charge in [0.15, 0.2) is 11.5 Å². The maximum atomic E-state index is 11.8. The van der Waals surface area contributed by atoms with Crippen LogP contribution in [0.15, 0.2) is 48.5 Å². The molecule has 2 aliphatic heterocycles. The second kappa shape index (κ2) is 12.0. The van der Waals surface area contributed by atoms with Crippen LogP contribution in [0.5, 0.6) is 11.5 Å². The van der Waals surface area contributed by atoms with Gasteiger partial charge in [0.25, 0.3) is 0 Å². The minimum absolute atomic E-state index is 0.128. The topological polar surface area (TPSA) is 58.1 Å². The third-order valence-electron chi connectivity index (χ3n) is 8.19. The van der Waals surface area contributed by atoms with E-state index in [9.17, 15) is 4.79 Å². The number of aromatic nitrogens is 1. The summed E-state index contributed by atoms with van der Waals surface area (Å²) in [5.41, 5.74) is 5.57. The maximum Gasteiger partial charge on any atom is 0.219 e. The van der Waals surface area contributed by atoms with Crippen molar-refractivity contribution in [2.24, 2.45) is 0 Å². The van der Waals surface area contributed by atoms with Gasteiger partial charge in [-0.3, -0.25) is 14.6 Å². The smallest absolute Gasteiger partial charge is 0.219 e. The van der Waals surface area contributed by atoms with Crippen molar-refractivity contribution in [1.82, 2.24) is 19.7 Å². The van der Waals surface area contributed by atoms with Crippen molar-refractivity contribution in [3.63, 3.8) is 0 Å². The Hall–Kier alpha value is -3.17. The Balaban J connectivity index is 1.40. The van der Waals surface area contributed by atoms with Gasteiger partial charge in [0.1, 0.15) is 4.83 Å². The quantitative estimate of drug-likeness (QED) is 0.269. The Labute approximate surface area is 250 Å². The molecule has 2 aliphatic rings. The summed E-state index contributed by atoms with van der Waals surface area (Å²) in [6, 6.07) is 16.7. The molecule has 0 saturated carbocycles. The van der Waals surface area contributed by atoms with Crippen LogP contribution in [0, 0.1) is 0 Å². The first kappa shape index (κ1) is 28.0. The number of carbonyl (C=O) groups excluding carboxylic acids is 1. The first-order valence-electron chi connectivity index (χ1n) is 14.0. The molecule has 7 nitrogen and oxygen atoms in total. The van der Waals surface area contributed by atoms with E-state index < -0.39 is 0 Å². The highest BCUT2D eigenvalue weighted by Crippen LogP contribution is 2.46. The summed E-state index contributed by atoms with van der Waals surface area (Å²) < 4.78 is 11.2. The number of piperazine rings is 1. The van der Waals surface area contributed by atoms with Gasteiger partial charge in [0, 0.05) is 75.1 Å². The number of nitrogens with zero attached hydrogens (tertiary/aromatic N) is 4. The van der Waals surface area contributed by atoms with Gasteiger partial charge in [-0.15, -0.1) is 11.3 Å². The summed E-state index contributed by atoms with van der Waals surface area (Å²) in [6.45, 7) is 8.15. The van der Waals surface area contributed by atoms with E-state index in [1.807, 2.05) is 17.0 Å². The summed E-state index contributed by atoms with van der Waals surface area (Å²) in [5, 5.41) is 1.85. The third kappa shape index (κ3) is 5.66. The lowest BCUT2D eigenvalue weighted by molar-refractivity contribution is -0.130. The van der Waals surface area contributed by atoms with Gasteiger partial charge in [0.05, 0.1) is 24.9 Å². The molecule has 4 heterocycles. The first-order chi connectivity index (χ1) is 19.9. The van der Waals surface area contributed by atoms with E-state index >= 15 is 0 Å². The van der Waals surface area contributed by atoms with Crippen LogP contribution in [0.1, 0.15) is 28.6 Å². The molecule has 4 aromatic rings. The molecule has 6 rings (SSSR count). The van der Waals surface area contributed by atoms with Gasteiger partial charge in [-0.1, -0.05) is 48.0 Å². The van der Waals surface area contributed by atoms with E-state index in [0.717, 1.165) is 79.3 Å². The van der Waals surface area contributed by atoms with Crippen LogP contribution < -0.4 is 9.47 Å². The van der Waals surface area contributed by atoms with Crippen molar-refractivity contribution >= 4 is 39.1 Å². The Morgan fingerprint density at radius 1 is 0.951 bits per heavy atom. The standard InChI is InChI=1S/C32H35ClN4O3S/c1-21(38)37-15-13-35(14-16-37)19-25-31(33)29(23-9-10-26(39-2)27(17-23)40-3)30-24-11-12-36(18-22-7-5-4-6-8-22)20-28(24)41-32(30)34-25/h4-10,17H,11-16,18-20H2,1-3H3. The Bertz CT molecular complexity index is 1570. The van der Waals surface area contributed by atoms with Gasteiger partial charge in [-0.25, -0.2) is 4.98 Å². The van der Waals surface area contributed by atoms with Crippen LogP contribution in [0.3, 0.4) is 0 Å². The van der Waals surface area contributed by atoms with Gasteiger partial charge in [-0.2, -0.15) is 0 Å². The number of ether oxygens (including phenoxy) is 2. The Kier molecular flexibility index (Phi) is 8.17. The zero-order chi connectivity index (χ0) is 28.5. The zero-order valence-electron chi connectivity index (χ0n) is 23.8. The number of fused-ring (bicyclic) bond motifs is 3. The fourth-order valence-corrected chi connectivity index (χ4v) is 7.58. The van der Waals surface area contributed by atoms with E-state index in [0.29, 0.717) is 23.1 Å². The van der Waals surface area contributed by atoms with Gasteiger partial charge >= 0.3 is 0 Å². The lowest BCUT2D eigenvalue weighted by atomic mass is 9.95. The SMILES string of the molecule is COc1ccc(-c2c(Cl)c(CN3CCN(C(C)=O)CC3)nc3sc4c(c23)CCN(Cc2ccccc2)C4)cc1OC. The van der Waals surface area contributed by atoms with Crippen LogP contribution in [-0.4, -0.2) is 72.5 Å².